The number of carboxylic acid groups (broad SMARTS) is 1. The minimum atomic E-state index is -1.05. The Bertz CT molecular complexity index is 776. The van der Waals surface area contributed by atoms with E-state index in [9.17, 15) is 9.59 Å². The number of rotatable bonds is 7. The van der Waals surface area contributed by atoms with Crippen LogP contribution >= 0.6 is 0 Å². The summed E-state index contributed by atoms with van der Waals surface area (Å²) in [5.74, 6) is 0.340. The molecule has 0 unspecified atom stereocenters. The van der Waals surface area contributed by atoms with Gasteiger partial charge < -0.3 is 19.6 Å². The van der Waals surface area contributed by atoms with E-state index >= 15 is 0 Å². The molecule has 1 heterocycles. The average molecular weight is 345 g/mol. The third-order valence-corrected chi connectivity index (χ3v) is 3.81. The van der Waals surface area contributed by atoms with Crippen molar-refractivity contribution < 1.29 is 23.8 Å². The normalized spacial score (nSPS) is 10.8. The van der Waals surface area contributed by atoms with E-state index in [0.29, 0.717) is 23.2 Å². The number of ether oxygens (including phenoxy) is 1. The number of aromatic carboxylic acids is 1. The van der Waals surface area contributed by atoms with Gasteiger partial charge in [0.25, 0.3) is 5.91 Å². The van der Waals surface area contributed by atoms with E-state index in [-0.39, 0.29) is 24.6 Å². The van der Waals surface area contributed by atoms with Crippen LogP contribution in [-0.4, -0.2) is 23.6 Å². The first-order valence-corrected chi connectivity index (χ1v) is 8.10. The summed E-state index contributed by atoms with van der Waals surface area (Å²) in [7, 11) is 0. The predicted octanol–water partition coefficient (Wildman–Crippen LogP) is 3.41. The Labute approximate surface area is 146 Å². The van der Waals surface area contributed by atoms with Crippen LogP contribution in [0.3, 0.4) is 0 Å². The smallest absolute Gasteiger partial charge is 0.339 e. The van der Waals surface area contributed by atoms with Gasteiger partial charge in [0.2, 0.25) is 0 Å². The number of carbonyl (C=O) groups excluding carboxylic acids is 1. The highest BCUT2D eigenvalue weighted by Crippen LogP contribution is 2.27. The molecular weight excluding hydrogens is 322 g/mol. The van der Waals surface area contributed by atoms with Crippen molar-refractivity contribution >= 4 is 11.9 Å². The maximum atomic E-state index is 12.0. The number of carboxylic acids is 1. The fourth-order valence-electron chi connectivity index (χ4n) is 2.47. The second kappa shape index (κ2) is 7.88. The van der Waals surface area contributed by atoms with Crippen molar-refractivity contribution in [3.63, 3.8) is 0 Å². The zero-order chi connectivity index (χ0) is 18.6. The predicted molar refractivity (Wildman–Crippen MR) is 93.0 cm³/mol. The van der Waals surface area contributed by atoms with Crippen LogP contribution in [0.15, 0.2) is 28.7 Å². The number of carbonyl (C=O) groups is 2. The average Bonchev–Trinajstić information content (AvgIpc) is 2.92. The van der Waals surface area contributed by atoms with Crippen molar-refractivity contribution in [1.29, 1.82) is 0 Å². The number of furan rings is 1. The highest BCUT2D eigenvalue weighted by Gasteiger charge is 2.15. The molecule has 0 fully saturated rings. The first-order chi connectivity index (χ1) is 11.8. The lowest BCUT2D eigenvalue weighted by Crippen LogP contribution is -2.28. The highest BCUT2D eigenvalue weighted by atomic mass is 16.5. The molecule has 1 aromatic heterocycles. The van der Waals surface area contributed by atoms with E-state index in [0.717, 1.165) is 11.1 Å². The molecule has 1 amide bonds. The van der Waals surface area contributed by atoms with Gasteiger partial charge in [0.1, 0.15) is 22.8 Å². The third kappa shape index (κ3) is 4.86. The second-order valence-corrected chi connectivity index (χ2v) is 6.25. The van der Waals surface area contributed by atoms with Gasteiger partial charge >= 0.3 is 5.97 Å². The van der Waals surface area contributed by atoms with Gasteiger partial charge in [-0.25, -0.2) is 4.79 Å². The maximum absolute atomic E-state index is 12.0. The number of hydrogen-bond acceptors (Lipinski definition) is 4. The van der Waals surface area contributed by atoms with E-state index in [1.807, 2.05) is 25.1 Å². The number of hydrogen-bond donors (Lipinski definition) is 2. The van der Waals surface area contributed by atoms with Crippen LogP contribution < -0.4 is 10.1 Å². The number of nitrogens with one attached hydrogen (secondary N) is 1. The standard InChI is InChI=1S/C19H23NO5/c1-11(2)15-6-5-12(3)7-17(15)24-10-18(21)20-9-14-8-16(19(22)23)13(4)25-14/h5-8,11H,9-10H2,1-4H3,(H,20,21)(H,22,23). The zero-order valence-electron chi connectivity index (χ0n) is 14.9. The Morgan fingerprint density at radius 3 is 2.56 bits per heavy atom. The first kappa shape index (κ1) is 18.6. The highest BCUT2D eigenvalue weighted by molar-refractivity contribution is 5.88. The van der Waals surface area contributed by atoms with E-state index in [1.165, 1.54) is 6.07 Å². The van der Waals surface area contributed by atoms with Crippen molar-refractivity contribution in [3.05, 3.63) is 52.5 Å². The second-order valence-electron chi connectivity index (χ2n) is 6.25. The Morgan fingerprint density at radius 2 is 1.96 bits per heavy atom. The molecule has 0 spiro atoms. The summed E-state index contributed by atoms with van der Waals surface area (Å²) >= 11 is 0. The van der Waals surface area contributed by atoms with Gasteiger partial charge in [-0.15, -0.1) is 0 Å². The van der Waals surface area contributed by atoms with Gasteiger partial charge in [0.15, 0.2) is 6.61 Å². The lowest BCUT2D eigenvalue weighted by Gasteiger charge is -2.14. The maximum Gasteiger partial charge on any atom is 0.339 e. The van der Waals surface area contributed by atoms with Crippen LogP contribution in [0.4, 0.5) is 0 Å². The molecule has 0 saturated carbocycles. The molecule has 0 saturated heterocycles. The lowest BCUT2D eigenvalue weighted by atomic mass is 10.0. The topological polar surface area (TPSA) is 88.8 Å². The Hall–Kier alpha value is -2.76. The quantitative estimate of drug-likeness (QED) is 0.803. The number of amides is 1. The molecule has 25 heavy (non-hydrogen) atoms. The largest absolute Gasteiger partial charge is 0.483 e. The summed E-state index contributed by atoms with van der Waals surface area (Å²) < 4.78 is 11.0. The van der Waals surface area contributed by atoms with Crippen LogP contribution in [0.2, 0.25) is 0 Å². The zero-order valence-corrected chi connectivity index (χ0v) is 14.9. The van der Waals surface area contributed by atoms with Gasteiger partial charge in [0, 0.05) is 0 Å². The van der Waals surface area contributed by atoms with E-state index in [4.69, 9.17) is 14.3 Å². The molecule has 0 bridgehead atoms. The molecule has 1 aromatic carbocycles. The third-order valence-electron chi connectivity index (χ3n) is 3.81. The van der Waals surface area contributed by atoms with E-state index in [2.05, 4.69) is 19.2 Å². The molecule has 2 rings (SSSR count). The summed E-state index contributed by atoms with van der Waals surface area (Å²) in [5.41, 5.74) is 2.21. The van der Waals surface area contributed by atoms with Gasteiger partial charge in [-0.1, -0.05) is 26.0 Å². The fourth-order valence-corrected chi connectivity index (χ4v) is 2.47. The van der Waals surface area contributed by atoms with Crippen LogP contribution in [0.1, 0.15) is 52.8 Å². The first-order valence-electron chi connectivity index (χ1n) is 8.10. The number of aryl methyl sites for hydroxylation is 2. The summed E-state index contributed by atoms with van der Waals surface area (Å²) in [6.07, 6.45) is 0. The molecular formula is C19H23NO5. The molecule has 6 heteroatoms. The fraction of sp³-hybridized carbons (Fsp3) is 0.368. The van der Waals surface area contributed by atoms with Gasteiger partial charge in [-0.2, -0.15) is 0 Å². The molecule has 2 aromatic rings. The van der Waals surface area contributed by atoms with Crippen molar-refractivity contribution in [2.75, 3.05) is 6.61 Å². The van der Waals surface area contributed by atoms with Gasteiger partial charge in [-0.3, -0.25) is 4.79 Å². The van der Waals surface area contributed by atoms with Crippen LogP contribution in [0, 0.1) is 13.8 Å². The lowest BCUT2D eigenvalue weighted by molar-refractivity contribution is -0.123. The van der Waals surface area contributed by atoms with Crippen molar-refractivity contribution in [1.82, 2.24) is 5.32 Å². The summed E-state index contributed by atoms with van der Waals surface area (Å²) in [6.45, 7) is 7.67. The van der Waals surface area contributed by atoms with Gasteiger partial charge in [-0.05, 0) is 43.0 Å². The van der Waals surface area contributed by atoms with E-state index in [1.54, 1.807) is 6.92 Å². The van der Waals surface area contributed by atoms with Crippen LogP contribution in [0.25, 0.3) is 0 Å². The minimum Gasteiger partial charge on any atom is -0.483 e. The summed E-state index contributed by atoms with van der Waals surface area (Å²) in [6, 6.07) is 7.35. The molecule has 0 radical (unpaired) electrons. The van der Waals surface area contributed by atoms with Gasteiger partial charge in [0.05, 0.1) is 6.54 Å². The minimum absolute atomic E-state index is 0.0989. The SMILES string of the molecule is Cc1ccc(C(C)C)c(OCC(=O)NCc2cc(C(=O)O)c(C)o2)c1. The monoisotopic (exact) mass is 345 g/mol. The molecule has 2 N–H and O–H groups in total. The Balaban J connectivity index is 1.92. The summed E-state index contributed by atoms with van der Waals surface area (Å²) in [5, 5.41) is 11.7. The van der Waals surface area contributed by atoms with Crippen LogP contribution in [-0.2, 0) is 11.3 Å². The Morgan fingerprint density at radius 1 is 1.24 bits per heavy atom. The molecule has 0 aliphatic rings. The van der Waals surface area contributed by atoms with E-state index < -0.39 is 5.97 Å². The molecule has 0 aliphatic heterocycles. The number of benzene rings is 1. The molecule has 0 atom stereocenters. The van der Waals surface area contributed by atoms with Crippen molar-refractivity contribution in [3.8, 4) is 5.75 Å². The van der Waals surface area contributed by atoms with Crippen LogP contribution in [0.5, 0.6) is 5.75 Å². The Kier molecular flexibility index (Phi) is 5.85. The molecule has 134 valence electrons. The molecule has 6 nitrogen and oxygen atoms in total. The van der Waals surface area contributed by atoms with Crippen molar-refractivity contribution in [2.45, 2.75) is 40.2 Å². The summed E-state index contributed by atoms with van der Waals surface area (Å²) in [4.78, 5) is 23.0. The van der Waals surface area contributed by atoms with Crippen molar-refractivity contribution in [2.24, 2.45) is 0 Å². The molecule has 0 aliphatic carbocycles.